The molecule has 0 aromatic rings. The third-order valence-electron chi connectivity index (χ3n) is 5.23. The van der Waals surface area contributed by atoms with Gasteiger partial charge < -0.3 is 46.2 Å². The molecular weight excluding hydrogens is 537 g/mol. The molecule has 4 nitrogen and oxygen atoms in total. The van der Waals surface area contributed by atoms with E-state index in [0.29, 0.717) is 0 Å². The molecule has 0 atom stereocenters. The van der Waals surface area contributed by atoms with Crippen LogP contribution in [0.4, 0.5) is 0 Å². The lowest BCUT2D eigenvalue weighted by Crippen LogP contribution is -3.00. The molecule has 0 saturated heterocycles. The Bertz CT molecular complexity index is 353. The Morgan fingerprint density at radius 3 is 0.763 bits per heavy atom. The molecule has 0 aromatic heterocycles. The molecule has 0 unspecified atom stereocenters. The molecule has 0 amide bonds. The molecule has 1 N–H and O–H groups in total. The molecule has 0 bridgehead atoms. The van der Waals surface area contributed by atoms with Gasteiger partial charge in [0.1, 0.15) is 0 Å². The van der Waals surface area contributed by atoms with Gasteiger partial charge in [-0.05, 0) is 25.7 Å². The van der Waals surface area contributed by atoms with Gasteiger partial charge in [0.15, 0.2) is 0 Å². The molecule has 0 saturated carbocycles. The highest BCUT2D eigenvalue weighted by atomic mass is 35.5. The summed E-state index contributed by atoms with van der Waals surface area (Å²) in [6.45, 7) is 13.4. The molecule has 0 rings (SSSR count). The second-order valence-electron chi connectivity index (χ2n) is 13.0. The fraction of sp³-hybridized carbons (Fsp3) is 0.935. The van der Waals surface area contributed by atoms with E-state index in [9.17, 15) is 0 Å². The summed E-state index contributed by atoms with van der Waals surface area (Å²) in [4.78, 5) is 0. The van der Waals surface area contributed by atoms with Crippen LogP contribution < -0.4 is 37.2 Å². The highest BCUT2D eigenvalue weighted by Crippen LogP contribution is 2.13. The van der Waals surface area contributed by atoms with Crippen LogP contribution in [0, 0.1) is 0 Å². The predicted molar refractivity (Wildman–Crippen MR) is 162 cm³/mol. The summed E-state index contributed by atoms with van der Waals surface area (Å²) in [5.74, 6) is 0. The largest absolute Gasteiger partial charge is 1.00 e. The smallest absolute Gasteiger partial charge is 0.0979 e. The van der Waals surface area contributed by atoms with Crippen LogP contribution >= 0.6 is 0 Å². The SMILES string of the molecule is C=C.CCCCCCCCCC[N+](C)(C)CCCCCCCCCC.C[N+](C)(C)C.C[N+](C)(C)O.[Cl-].[Cl-].[Cl-]. The van der Waals surface area contributed by atoms with Crippen molar-refractivity contribution in [1.82, 2.24) is 0 Å². The lowest BCUT2D eigenvalue weighted by Gasteiger charge is -2.30. The van der Waals surface area contributed by atoms with E-state index in [0.717, 1.165) is 4.48 Å². The van der Waals surface area contributed by atoms with E-state index < -0.39 is 0 Å². The Labute approximate surface area is 261 Å². The van der Waals surface area contributed by atoms with Crippen LogP contribution in [-0.2, 0) is 0 Å². The molecule has 0 heterocycles. The number of nitrogens with zero attached hydrogens (tertiary/aromatic N) is 3. The van der Waals surface area contributed by atoms with Crippen LogP contribution in [0.3, 0.4) is 0 Å². The van der Waals surface area contributed by atoms with E-state index in [-0.39, 0.29) is 41.9 Å². The summed E-state index contributed by atoms with van der Waals surface area (Å²) < 4.78 is 2.24. The summed E-state index contributed by atoms with van der Waals surface area (Å²) in [6.07, 6.45) is 23.0. The zero-order valence-electron chi connectivity index (χ0n) is 28.1. The minimum absolute atomic E-state index is 0. The maximum absolute atomic E-state index is 8.46. The van der Waals surface area contributed by atoms with Crippen molar-refractivity contribution in [2.75, 3.05) is 76.5 Å². The second kappa shape index (κ2) is 37.5. The Morgan fingerprint density at radius 1 is 0.421 bits per heavy atom. The first-order chi connectivity index (χ1) is 16.1. The van der Waals surface area contributed by atoms with Crippen LogP contribution in [0.1, 0.15) is 117 Å². The average Bonchev–Trinajstić information content (AvgIpc) is 2.71. The third-order valence-corrected chi connectivity index (χ3v) is 5.23. The highest BCUT2D eigenvalue weighted by Gasteiger charge is 2.13. The van der Waals surface area contributed by atoms with Gasteiger partial charge in [-0.1, -0.05) is 90.9 Å². The van der Waals surface area contributed by atoms with Crippen LogP contribution in [0.2, 0.25) is 0 Å². The van der Waals surface area contributed by atoms with Gasteiger partial charge in [0.2, 0.25) is 0 Å². The van der Waals surface area contributed by atoms with Crippen molar-refractivity contribution in [3.05, 3.63) is 13.2 Å². The molecule has 0 spiro atoms. The number of quaternary nitrogens is 3. The molecule has 0 radical (unpaired) electrons. The molecule has 0 aliphatic rings. The number of hydroxylamine groups is 3. The van der Waals surface area contributed by atoms with E-state index in [1.54, 1.807) is 21.1 Å². The summed E-state index contributed by atoms with van der Waals surface area (Å²) in [7, 11) is 18.4. The van der Waals surface area contributed by atoms with Gasteiger partial charge in [0, 0.05) is 0 Å². The van der Waals surface area contributed by atoms with E-state index in [4.69, 9.17) is 5.21 Å². The van der Waals surface area contributed by atoms with E-state index in [1.807, 2.05) is 0 Å². The lowest BCUT2D eigenvalue weighted by atomic mass is 10.1. The molecule has 0 aliphatic carbocycles. The van der Waals surface area contributed by atoms with Gasteiger partial charge in [-0.3, -0.25) is 0 Å². The zero-order chi connectivity index (χ0) is 28.2. The van der Waals surface area contributed by atoms with Gasteiger partial charge >= 0.3 is 0 Å². The highest BCUT2D eigenvalue weighted by molar-refractivity contribution is 4.48. The van der Waals surface area contributed by atoms with Gasteiger partial charge in [0.05, 0.1) is 76.5 Å². The van der Waals surface area contributed by atoms with Crippen molar-refractivity contribution in [2.45, 2.75) is 117 Å². The molecule has 7 heteroatoms. The normalized spacial score (nSPS) is 10.5. The maximum Gasteiger partial charge on any atom is 0.0979 e. The standard InChI is InChI=1S/C22H48N.C4H12N.C3H10NO.C2H4.3ClH/c1-5-7-9-11-13-15-17-19-21-23(3,4)22-20-18-16-14-12-10-8-6-2;1-5(2,3)4;1-4(2,3)5;1-2;;;/h5-22H2,1-4H3;1-4H3;5H,1-3H3;1-2H2;3*1H/q3*+1;;;;/p-3. The number of rotatable bonds is 18. The van der Waals surface area contributed by atoms with Gasteiger partial charge in [-0.25, -0.2) is 5.21 Å². The maximum atomic E-state index is 8.46. The Hall–Kier alpha value is 0.450. The quantitative estimate of drug-likeness (QED) is 0.0967. The van der Waals surface area contributed by atoms with Crippen LogP contribution in [0.25, 0.3) is 0 Å². The fourth-order valence-corrected chi connectivity index (χ4v) is 3.46. The predicted octanol–water partition coefficient (Wildman–Crippen LogP) is -0.437. The molecule has 0 aromatic carbocycles. The summed E-state index contributed by atoms with van der Waals surface area (Å²) in [5.41, 5.74) is 0. The minimum Gasteiger partial charge on any atom is -1.00 e. The third kappa shape index (κ3) is 90.9. The molecule has 38 heavy (non-hydrogen) atoms. The van der Waals surface area contributed by atoms with Crippen LogP contribution in [0.5, 0.6) is 0 Å². The Balaban J connectivity index is -0.000000108. The zero-order valence-corrected chi connectivity index (χ0v) is 30.3. The fourth-order valence-electron chi connectivity index (χ4n) is 3.46. The lowest BCUT2D eigenvalue weighted by molar-refractivity contribution is -1.06. The summed E-state index contributed by atoms with van der Waals surface area (Å²) >= 11 is 0. The van der Waals surface area contributed by atoms with Gasteiger partial charge in [-0.2, -0.15) is 4.65 Å². The molecular formula is C31H74Cl3N3O. The first-order valence-corrected chi connectivity index (χ1v) is 14.8. The number of hydrogen-bond donors (Lipinski definition) is 1. The Kier molecular flexibility index (Phi) is 53.7. The Morgan fingerprint density at radius 2 is 0.579 bits per heavy atom. The van der Waals surface area contributed by atoms with Crippen LogP contribution in [-0.4, -0.2) is 95.3 Å². The first kappa shape index (κ1) is 54.5. The van der Waals surface area contributed by atoms with Crippen molar-refractivity contribution in [3.8, 4) is 0 Å². The topological polar surface area (TPSA) is 20.2 Å². The summed E-state index contributed by atoms with van der Waals surface area (Å²) in [5, 5.41) is 8.46. The minimum atomic E-state index is 0. The van der Waals surface area contributed by atoms with Gasteiger partial charge in [0.25, 0.3) is 0 Å². The van der Waals surface area contributed by atoms with Crippen molar-refractivity contribution in [2.24, 2.45) is 0 Å². The van der Waals surface area contributed by atoms with Crippen molar-refractivity contribution < 1.29 is 56.0 Å². The first-order valence-electron chi connectivity index (χ1n) is 14.8. The van der Waals surface area contributed by atoms with Crippen LogP contribution in [0.15, 0.2) is 13.2 Å². The number of unbranched alkanes of at least 4 members (excludes halogenated alkanes) is 14. The summed E-state index contributed by atoms with van der Waals surface area (Å²) in [6, 6.07) is 0. The molecule has 240 valence electrons. The second-order valence-corrected chi connectivity index (χ2v) is 13.0. The van der Waals surface area contributed by atoms with Gasteiger partial charge in [-0.15, -0.1) is 13.2 Å². The van der Waals surface area contributed by atoms with E-state index in [1.165, 1.54) is 120 Å². The van der Waals surface area contributed by atoms with E-state index >= 15 is 0 Å². The number of hydrogen-bond acceptors (Lipinski definition) is 1. The molecule has 0 aliphatic heterocycles. The molecule has 0 fully saturated rings. The average molecular weight is 611 g/mol. The van der Waals surface area contributed by atoms with Crippen molar-refractivity contribution in [3.63, 3.8) is 0 Å². The number of halogens is 3. The van der Waals surface area contributed by atoms with Crippen molar-refractivity contribution >= 4 is 0 Å². The monoisotopic (exact) mass is 609 g/mol. The van der Waals surface area contributed by atoms with Crippen molar-refractivity contribution in [1.29, 1.82) is 0 Å². The van der Waals surface area contributed by atoms with E-state index in [2.05, 4.69) is 69.3 Å².